The molecule has 6 fully saturated rings. The summed E-state index contributed by atoms with van der Waals surface area (Å²) in [7, 11) is 2.14. The smallest absolute Gasteiger partial charge is 0.319 e. The van der Waals surface area contributed by atoms with Crippen molar-refractivity contribution in [1.82, 2.24) is 45.2 Å². The quantitative estimate of drug-likeness (QED) is 0.150. The van der Waals surface area contributed by atoms with Crippen molar-refractivity contribution in [3.8, 4) is 29.6 Å². The fourth-order valence-electron chi connectivity index (χ4n) is 12.6. The SMILES string of the molecule is C#Cc1cccc2cccc(-c3ncc4c(N5CC6CCC(C5)N6)nc(OC[C@@H]5CC[C@H](CN6CCN(C(=O)C7CCN(c8ccc9c(c8)C(=O)N(C8CCC(=O)NC8=O)C9=O)CC7)CC6)N5C)nc4c3F)c12. The average molecular weight is 988 g/mol. The second-order valence-corrected chi connectivity index (χ2v) is 20.8. The van der Waals surface area contributed by atoms with Gasteiger partial charge in [0.15, 0.2) is 5.82 Å². The van der Waals surface area contributed by atoms with Gasteiger partial charge in [0.2, 0.25) is 17.7 Å². The van der Waals surface area contributed by atoms with Crippen LogP contribution < -0.4 is 25.2 Å². The summed E-state index contributed by atoms with van der Waals surface area (Å²) in [5.74, 6) is 0.850. The molecule has 3 unspecified atom stereocenters. The number of benzene rings is 3. The van der Waals surface area contributed by atoms with E-state index in [2.05, 4.69) is 43.2 Å². The maximum Gasteiger partial charge on any atom is 0.319 e. The number of fused-ring (bicyclic) bond motifs is 5. The van der Waals surface area contributed by atoms with E-state index in [1.807, 2.05) is 47.4 Å². The lowest BCUT2D eigenvalue weighted by Crippen LogP contribution is -2.54. The Labute approximate surface area is 422 Å². The number of rotatable bonds is 10. The molecule has 9 heterocycles. The Hall–Kier alpha value is -7.07. The molecule has 0 spiro atoms. The van der Waals surface area contributed by atoms with Crippen LogP contribution >= 0.6 is 0 Å². The molecular weight excluding hydrogens is 930 g/mol. The largest absolute Gasteiger partial charge is 0.462 e. The van der Waals surface area contributed by atoms with E-state index < -0.39 is 35.5 Å². The van der Waals surface area contributed by atoms with Crippen LogP contribution in [-0.2, 0) is 14.4 Å². The van der Waals surface area contributed by atoms with Gasteiger partial charge in [-0.3, -0.25) is 49.0 Å². The standard InChI is InChI=1S/C55H58FN11O6/c1-3-32-6-4-7-33-8-5-9-41(46(32)33)48-47(56)49-43(27-57-48)50(66-28-35-10-11-36(29-66)58-35)61-55(60-49)73-31-39-13-12-38(62(39)2)30-63-22-24-65(25-23-63)52(70)34-18-20-64(21-19-34)37-14-15-40-42(26-37)54(72)67(53(40)71)44-16-17-45(68)59-51(44)69/h1,4-9,14-15,26-27,34-36,38-39,44,58H,10-13,16-25,28-31H2,2H3,(H,59,68,69)/t35?,36?,38-,39+,44?/m1/s1. The third-order valence-corrected chi connectivity index (χ3v) is 16.7. The summed E-state index contributed by atoms with van der Waals surface area (Å²) in [6, 6.07) is 16.8. The average Bonchev–Trinajstić information content (AvgIpc) is 4.03. The molecule has 17 nitrogen and oxygen atoms in total. The van der Waals surface area contributed by atoms with Gasteiger partial charge in [0, 0.05) is 124 Å². The van der Waals surface area contributed by atoms with E-state index in [4.69, 9.17) is 26.1 Å². The molecule has 2 aromatic heterocycles. The number of anilines is 2. The second kappa shape index (κ2) is 19.1. The molecule has 6 saturated heterocycles. The van der Waals surface area contributed by atoms with Crippen molar-refractivity contribution in [3.63, 3.8) is 0 Å². The van der Waals surface area contributed by atoms with Crippen molar-refractivity contribution in [2.24, 2.45) is 5.92 Å². The number of nitrogens with zero attached hydrogens (tertiary/aromatic N) is 9. The minimum atomic E-state index is -1.01. The predicted octanol–water partition coefficient (Wildman–Crippen LogP) is 4.21. The zero-order chi connectivity index (χ0) is 50.1. The summed E-state index contributed by atoms with van der Waals surface area (Å²) in [6.07, 6.45) is 13.2. The number of likely N-dealkylation sites (N-methyl/N-ethyl adjacent to an activating group) is 1. The molecule has 376 valence electrons. The molecule has 7 aliphatic heterocycles. The summed E-state index contributed by atoms with van der Waals surface area (Å²) >= 11 is 0. The maximum absolute atomic E-state index is 17.1. The molecule has 0 aliphatic carbocycles. The molecule has 3 aromatic carbocycles. The Balaban J connectivity index is 0.659. The van der Waals surface area contributed by atoms with Gasteiger partial charge in [0.1, 0.15) is 29.7 Å². The van der Waals surface area contributed by atoms with Gasteiger partial charge in [0.05, 0.1) is 16.5 Å². The van der Waals surface area contributed by atoms with Gasteiger partial charge in [-0.05, 0) is 81.6 Å². The Morgan fingerprint density at radius 1 is 0.822 bits per heavy atom. The van der Waals surface area contributed by atoms with E-state index in [9.17, 15) is 24.0 Å². The number of amides is 5. The van der Waals surface area contributed by atoms with Crippen molar-refractivity contribution < 1.29 is 33.1 Å². The molecule has 5 aromatic rings. The molecule has 73 heavy (non-hydrogen) atoms. The predicted molar refractivity (Wildman–Crippen MR) is 271 cm³/mol. The zero-order valence-corrected chi connectivity index (χ0v) is 40.9. The summed E-state index contributed by atoms with van der Waals surface area (Å²) in [5, 5.41) is 8.15. The molecule has 0 saturated carbocycles. The Bertz CT molecular complexity index is 3110. The summed E-state index contributed by atoms with van der Waals surface area (Å²) in [5.41, 5.74) is 2.92. The highest BCUT2D eigenvalue weighted by Crippen LogP contribution is 2.38. The number of piperidine rings is 2. The first-order valence-electron chi connectivity index (χ1n) is 25.8. The number of carbonyl (C=O) groups excluding carboxylic acids is 5. The molecule has 2 bridgehead atoms. The number of imide groups is 2. The van der Waals surface area contributed by atoms with E-state index >= 15 is 4.39 Å². The second-order valence-electron chi connectivity index (χ2n) is 20.8. The molecule has 18 heteroatoms. The Kier molecular flexibility index (Phi) is 12.3. The Morgan fingerprint density at radius 2 is 1.56 bits per heavy atom. The zero-order valence-electron chi connectivity index (χ0n) is 40.9. The van der Waals surface area contributed by atoms with Gasteiger partial charge >= 0.3 is 6.01 Å². The van der Waals surface area contributed by atoms with Crippen LogP contribution in [0.4, 0.5) is 15.9 Å². The van der Waals surface area contributed by atoms with Gasteiger partial charge in [-0.1, -0.05) is 36.3 Å². The molecular formula is C55H58FN11O6. The monoisotopic (exact) mass is 987 g/mol. The summed E-state index contributed by atoms with van der Waals surface area (Å²) in [6.45, 7) is 6.92. The first kappa shape index (κ1) is 47.0. The van der Waals surface area contributed by atoms with Crippen LogP contribution in [0.1, 0.15) is 77.6 Å². The fraction of sp³-hybridized carbons (Fsp3) is 0.455. The number of ether oxygens (including phenoxy) is 1. The van der Waals surface area contributed by atoms with Crippen LogP contribution in [0.15, 0.2) is 60.8 Å². The van der Waals surface area contributed by atoms with Gasteiger partial charge < -0.3 is 24.8 Å². The van der Waals surface area contributed by atoms with E-state index in [-0.39, 0.29) is 59.1 Å². The summed E-state index contributed by atoms with van der Waals surface area (Å²) in [4.78, 5) is 91.4. The summed E-state index contributed by atoms with van der Waals surface area (Å²) < 4.78 is 23.6. The maximum atomic E-state index is 17.1. The number of pyridine rings is 1. The number of terminal acetylenes is 1. The number of carbonyl (C=O) groups is 5. The molecule has 5 atom stereocenters. The lowest BCUT2D eigenvalue weighted by Gasteiger charge is -2.40. The van der Waals surface area contributed by atoms with Gasteiger partial charge in [-0.25, -0.2) is 4.39 Å². The minimum Gasteiger partial charge on any atom is -0.462 e. The fourth-order valence-corrected chi connectivity index (χ4v) is 12.6. The molecule has 5 amide bonds. The number of likely N-dealkylation sites (tertiary alicyclic amines) is 1. The van der Waals surface area contributed by atoms with Crippen LogP contribution in [0.2, 0.25) is 0 Å². The van der Waals surface area contributed by atoms with Crippen LogP contribution in [-0.4, -0.2) is 167 Å². The lowest BCUT2D eigenvalue weighted by atomic mass is 9.94. The molecule has 2 N–H and O–H groups in total. The van der Waals surface area contributed by atoms with Gasteiger partial charge in [-0.2, -0.15) is 9.97 Å². The first-order valence-corrected chi connectivity index (χ1v) is 25.8. The van der Waals surface area contributed by atoms with Crippen molar-refractivity contribution in [3.05, 3.63) is 83.3 Å². The molecule has 0 radical (unpaired) electrons. The number of halogens is 1. The van der Waals surface area contributed by atoms with E-state index in [1.54, 1.807) is 18.3 Å². The number of hydrogen-bond donors (Lipinski definition) is 2. The van der Waals surface area contributed by atoms with E-state index in [0.717, 1.165) is 79.8 Å². The van der Waals surface area contributed by atoms with Crippen molar-refractivity contribution in [2.75, 3.05) is 82.4 Å². The number of aromatic nitrogens is 3. The minimum absolute atomic E-state index is 0.0650. The lowest BCUT2D eigenvalue weighted by molar-refractivity contribution is -0.138. The normalized spacial score (nSPS) is 25.0. The topological polar surface area (TPSA) is 177 Å². The number of hydrogen-bond acceptors (Lipinski definition) is 14. The van der Waals surface area contributed by atoms with Crippen molar-refractivity contribution in [1.29, 1.82) is 0 Å². The van der Waals surface area contributed by atoms with Crippen molar-refractivity contribution >= 4 is 62.7 Å². The van der Waals surface area contributed by atoms with Crippen molar-refractivity contribution in [2.45, 2.75) is 81.6 Å². The van der Waals surface area contributed by atoms with E-state index in [0.29, 0.717) is 86.1 Å². The van der Waals surface area contributed by atoms with Crippen LogP contribution in [0, 0.1) is 24.1 Å². The molecule has 12 rings (SSSR count). The van der Waals surface area contributed by atoms with Crippen LogP contribution in [0.5, 0.6) is 6.01 Å². The highest BCUT2D eigenvalue weighted by atomic mass is 19.1. The van der Waals surface area contributed by atoms with Gasteiger partial charge in [-0.15, -0.1) is 6.42 Å². The third-order valence-electron chi connectivity index (χ3n) is 16.7. The third kappa shape index (κ3) is 8.60. The van der Waals surface area contributed by atoms with Crippen LogP contribution in [0.25, 0.3) is 32.9 Å². The number of nitrogens with one attached hydrogen (secondary N) is 2. The highest BCUT2D eigenvalue weighted by molar-refractivity contribution is 6.23. The van der Waals surface area contributed by atoms with Crippen LogP contribution in [0.3, 0.4) is 0 Å². The highest BCUT2D eigenvalue weighted by Gasteiger charge is 2.45. The van der Waals surface area contributed by atoms with E-state index in [1.165, 1.54) is 0 Å². The van der Waals surface area contributed by atoms with Gasteiger partial charge in [0.25, 0.3) is 11.8 Å². The first-order chi connectivity index (χ1) is 35.5. The number of piperazine rings is 2. The molecule has 7 aliphatic rings. The Morgan fingerprint density at radius 3 is 2.32 bits per heavy atom.